The highest BCUT2D eigenvalue weighted by Gasteiger charge is 2.30. The predicted molar refractivity (Wildman–Crippen MR) is 118 cm³/mol. The van der Waals surface area contributed by atoms with Gasteiger partial charge in [0.05, 0.1) is 11.3 Å². The van der Waals surface area contributed by atoms with Crippen LogP contribution in [0.1, 0.15) is 53.0 Å². The summed E-state index contributed by atoms with van der Waals surface area (Å²) in [6.07, 6.45) is 1.41. The van der Waals surface area contributed by atoms with Crippen LogP contribution in [0.2, 0.25) is 0 Å². The van der Waals surface area contributed by atoms with Crippen molar-refractivity contribution >= 4 is 5.91 Å². The number of hydrogen-bond donors (Lipinski definition) is 1. The second kappa shape index (κ2) is 9.66. The van der Waals surface area contributed by atoms with E-state index in [0.717, 1.165) is 48.1 Å². The van der Waals surface area contributed by atoms with E-state index in [9.17, 15) is 22.8 Å². The standard InChI is InChI=1S/C24H23F3N4O3/c1-15-11-20(32)22(30-31(15)18-6-4-5-17(13-18)24(25,26)27)23(33)29-14-16-9-10-28-21(12-16)34-19-7-2-3-8-19/h4-6,9-13,19H,2-3,7-8,14H2,1H3,(H,29,33). The molecule has 1 saturated carbocycles. The number of aryl methyl sites for hydroxylation is 1. The minimum absolute atomic E-state index is 0.0872. The number of ether oxygens (including phenoxy) is 1. The average Bonchev–Trinajstić information content (AvgIpc) is 3.30. The maximum atomic E-state index is 13.1. The van der Waals surface area contributed by atoms with Gasteiger partial charge in [-0.05, 0) is 62.4 Å². The molecular formula is C24H23F3N4O3. The number of nitrogens with one attached hydrogen (secondary N) is 1. The molecule has 1 amide bonds. The van der Waals surface area contributed by atoms with Gasteiger partial charge in [0.15, 0.2) is 5.69 Å². The van der Waals surface area contributed by atoms with Gasteiger partial charge < -0.3 is 10.1 Å². The number of rotatable bonds is 6. The number of halogens is 3. The number of carbonyl (C=O) groups is 1. The van der Waals surface area contributed by atoms with Gasteiger partial charge in [-0.3, -0.25) is 9.59 Å². The first kappa shape index (κ1) is 23.5. The number of carbonyl (C=O) groups excluding carboxylic acids is 1. The van der Waals surface area contributed by atoms with Gasteiger partial charge in [-0.25, -0.2) is 9.67 Å². The van der Waals surface area contributed by atoms with Gasteiger partial charge in [-0.15, -0.1) is 0 Å². The highest BCUT2D eigenvalue weighted by Crippen LogP contribution is 2.30. The summed E-state index contributed by atoms with van der Waals surface area (Å²) in [5, 5.41) is 6.68. The third kappa shape index (κ3) is 5.44. The second-order valence-electron chi connectivity index (χ2n) is 8.17. The minimum atomic E-state index is -4.53. The van der Waals surface area contributed by atoms with Gasteiger partial charge in [0.2, 0.25) is 11.3 Å². The maximum absolute atomic E-state index is 13.1. The summed E-state index contributed by atoms with van der Waals surface area (Å²) in [5.74, 6) is -0.264. The lowest BCUT2D eigenvalue weighted by Gasteiger charge is -2.14. The van der Waals surface area contributed by atoms with Crippen LogP contribution in [-0.4, -0.2) is 26.8 Å². The molecule has 178 valence electrons. The topological polar surface area (TPSA) is 86.1 Å². The first-order valence-electron chi connectivity index (χ1n) is 10.9. The molecule has 1 aliphatic rings. The van der Waals surface area contributed by atoms with Gasteiger partial charge in [-0.2, -0.15) is 18.3 Å². The van der Waals surface area contributed by atoms with Crippen molar-refractivity contribution < 1.29 is 22.7 Å². The molecule has 2 aromatic heterocycles. The Morgan fingerprint density at radius 2 is 1.94 bits per heavy atom. The Labute approximate surface area is 193 Å². The SMILES string of the molecule is Cc1cc(=O)c(C(=O)NCc2ccnc(OC3CCCC3)c2)nn1-c1cccc(C(F)(F)F)c1. The lowest BCUT2D eigenvalue weighted by Crippen LogP contribution is -2.31. The van der Waals surface area contributed by atoms with E-state index >= 15 is 0 Å². The zero-order valence-electron chi connectivity index (χ0n) is 18.4. The Balaban J connectivity index is 1.51. The Hall–Kier alpha value is -3.69. The van der Waals surface area contributed by atoms with E-state index in [0.29, 0.717) is 11.6 Å². The highest BCUT2D eigenvalue weighted by molar-refractivity contribution is 5.92. The fourth-order valence-electron chi connectivity index (χ4n) is 3.85. The van der Waals surface area contributed by atoms with Crippen LogP contribution >= 0.6 is 0 Å². The third-order valence-electron chi connectivity index (χ3n) is 5.58. The molecule has 0 radical (unpaired) electrons. The van der Waals surface area contributed by atoms with Crippen LogP contribution in [-0.2, 0) is 12.7 Å². The molecule has 1 N–H and O–H groups in total. The lowest BCUT2D eigenvalue weighted by molar-refractivity contribution is -0.137. The van der Waals surface area contributed by atoms with Crippen LogP contribution in [0, 0.1) is 6.92 Å². The number of benzene rings is 1. The summed E-state index contributed by atoms with van der Waals surface area (Å²) in [6.45, 7) is 1.63. The molecule has 0 unspecified atom stereocenters. The number of alkyl halides is 3. The van der Waals surface area contributed by atoms with Crippen molar-refractivity contribution in [2.45, 2.75) is 51.4 Å². The third-order valence-corrected chi connectivity index (χ3v) is 5.58. The van der Waals surface area contributed by atoms with Crippen molar-refractivity contribution in [1.82, 2.24) is 20.1 Å². The zero-order valence-corrected chi connectivity index (χ0v) is 18.4. The predicted octanol–water partition coefficient (Wildman–Crippen LogP) is 4.21. The Kier molecular flexibility index (Phi) is 6.67. The molecule has 3 aromatic rings. The quantitative estimate of drug-likeness (QED) is 0.581. The Bertz CT molecular complexity index is 1250. The lowest BCUT2D eigenvalue weighted by atomic mass is 10.2. The van der Waals surface area contributed by atoms with Crippen molar-refractivity contribution in [3.05, 3.63) is 81.4 Å². The Morgan fingerprint density at radius 3 is 2.68 bits per heavy atom. The molecule has 2 heterocycles. The Morgan fingerprint density at radius 1 is 1.18 bits per heavy atom. The molecule has 1 aromatic carbocycles. The van der Waals surface area contributed by atoms with Crippen molar-refractivity contribution in [1.29, 1.82) is 0 Å². The molecule has 10 heteroatoms. The van der Waals surface area contributed by atoms with Gasteiger partial charge in [0.25, 0.3) is 5.91 Å². The van der Waals surface area contributed by atoms with Crippen LogP contribution in [0.5, 0.6) is 5.88 Å². The van der Waals surface area contributed by atoms with Crippen molar-refractivity contribution in [3.63, 3.8) is 0 Å². The molecule has 1 aliphatic carbocycles. The van der Waals surface area contributed by atoms with Crippen LogP contribution in [0.3, 0.4) is 0 Å². The zero-order chi connectivity index (χ0) is 24.3. The minimum Gasteiger partial charge on any atom is -0.474 e. The number of hydrogen-bond acceptors (Lipinski definition) is 5. The first-order chi connectivity index (χ1) is 16.2. The van der Waals surface area contributed by atoms with Crippen LogP contribution < -0.4 is 15.5 Å². The van der Waals surface area contributed by atoms with E-state index < -0.39 is 28.8 Å². The van der Waals surface area contributed by atoms with Crippen LogP contribution in [0.4, 0.5) is 13.2 Å². The van der Waals surface area contributed by atoms with Crippen LogP contribution in [0.15, 0.2) is 53.5 Å². The van der Waals surface area contributed by atoms with Crippen LogP contribution in [0.25, 0.3) is 5.69 Å². The van der Waals surface area contributed by atoms with E-state index in [1.165, 1.54) is 25.1 Å². The number of aromatic nitrogens is 3. The first-order valence-corrected chi connectivity index (χ1v) is 10.9. The van der Waals surface area contributed by atoms with Crippen molar-refractivity contribution in [2.24, 2.45) is 0 Å². The van der Waals surface area contributed by atoms with Gasteiger partial charge in [0, 0.05) is 30.6 Å². The summed E-state index contributed by atoms with van der Waals surface area (Å²) in [4.78, 5) is 29.3. The fraction of sp³-hybridized carbons (Fsp3) is 0.333. The monoisotopic (exact) mass is 472 g/mol. The van der Waals surface area contributed by atoms with Gasteiger partial charge in [0.1, 0.15) is 6.10 Å². The number of amides is 1. The fourth-order valence-corrected chi connectivity index (χ4v) is 3.85. The summed E-state index contributed by atoms with van der Waals surface area (Å²) in [5.41, 5.74) is -0.795. The average molecular weight is 472 g/mol. The largest absolute Gasteiger partial charge is 0.474 e. The summed E-state index contributed by atoms with van der Waals surface area (Å²) in [7, 11) is 0. The molecule has 34 heavy (non-hydrogen) atoms. The van der Waals surface area contributed by atoms with Gasteiger partial charge in [-0.1, -0.05) is 6.07 Å². The van der Waals surface area contributed by atoms with Crippen molar-refractivity contribution in [3.8, 4) is 11.6 Å². The van der Waals surface area contributed by atoms with Crippen molar-refractivity contribution in [2.75, 3.05) is 0 Å². The van der Waals surface area contributed by atoms with E-state index in [4.69, 9.17) is 4.74 Å². The molecule has 0 aliphatic heterocycles. The van der Waals surface area contributed by atoms with Gasteiger partial charge >= 0.3 is 6.18 Å². The number of pyridine rings is 1. The van der Waals surface area contributed by atoms with E-state index in [-0.39, 0.29) is 18.3 Å². The molecular weight excluding hydrogens is 449 g/mol. The normalized spacial score (nSPS) is 14.2. The molecule has 0 atom stereocenters. The molecule has 0 bridgehead atoms. The van der Waals surface area contributed by atoms with E-state index in [1.54, 1.807) is 18.3 Å². The molecule has 0 spiro atoms. The summed E-state index contributed by atoms with van der Waals surface area (Å²) < 4.78 is 46.3. The molecule has 0 saturated heterocycles. The molecule has 1 fully saturated rings. The summed E-state index contributed by atoms with van der Waals surface area (Å²) >= 11 is 0. The number of nitrogens with zero attached hydrogens (tertiary/aromatic N) is 3. The highest BCUT2D eigenvalue weighted by atomic mass is 19.4. The second-order valence-corrected chi connectivity index (χ2v) is 8.17. The molecule has 4 rings (SSSR count). The molecule has 7 nitrogen and oxygen atoms in total. The van der Waals surface area contributed by atoms with E-state index in [2.05, 4.69) is 15.4 Å². The van der Waals surface area contributed by atoms with E-state index in [1.807, 2.05) is 0 Å². The maximum Gasteiger partial charge on any atom is 0.416 e. The summed E-state index contributed by atoms with van der Waals surface area (Å²) in [6, 6.07) is 9.12. The smallest absolute Gasteiger partial charge is 0.416 e.